The molecule has 0 aliphatic heterocycles. The van der Waals surface area contributed by atoms with E-state index in [1.165, 1.54) is 12.1 Å². The van der Waals surface area contributed by atoms with Crippen molar-refractivity contribution >= 4 is 34.3 Å². The van der Waals surface area contributed by atoms with Gasteiger partial charge in [0.25, 0.3) is 5.69 Å². The average Bonchev–Trinajstić information content (AvgIpc) is 3.11. The number of fused-ring (bicyclic) bond motifs is 1. The number of aliphatic hydroxyl groups excluding tert-OH is 1. The lowest BCUT2D eigenvalue weighted by Crippen LogP contribution is -2.24. The smallest absolute Gasteiger partial charge is 0.271 e. The van der Waals surface area contributed by atoms with Crippen LogP contribution in [0.5, 0.6) is 0 Å². The van der Waals surface area contributed by atoms with E-state index in [1.54, 1.807) is 18.5 Å². The normalized spacial score (nSPS) is 12.3. The molecule has 0 saturated heterocycles. The molecule has 1 unspecified atom stereocenters. The van der Waals surface area contributed by atoms with Gasteiger partial charge in [-0.15, -0.1) is 0 Å². The highest BCUT2D eigenvalue weighted by molar-refractivity contribution is 5.86. The fourth-order valence-corrected chi connectivity index (χ4v) is 2.74. The standard InChI is InChI=1S/C18H23N7O3/c1-4-12(9-26)21-18-22-16(15-17(23-18)24(10-19-15)11(2)3)20-13-6-5-7-14(8-13)25(27)28/h5-8,10-12,26H,4,9H2,1-3H3,(H2,20,21,22,23). The summed E-state index contributed by atoms with van der Waals surface area (Å²) in [5.74, 6) is 0.781. The molecule has 0 saturated carbocycles. The van der Waals surface area contributed by atoms with Crippen molar-refractivity contribution in [1.29, 1.82) is 0 Å². The van der Waals surface area contributed by atoms with E-state index >= 15 is 0 Å². The molecule has 0 bridgehead atoms. The molecule has 3 aromatic rings. The first-order valence-electron chi connectivity index (χ1n) is 9.06. The summed E-state index contributed by atoms with van der Waals surface area (Å²) in [5, 5.41) is 26.7. The maximum absolute atomic E-state index is 11.0. The molecule has 28 heavy (non-hydrogen) atoms. The quantitative estimate of drug-likeness (QED) is 0.398. The highest BCUT2D eigenvalue weighted by Gasteiger charge is 2.17. The topological polar surface area (TPSA) is 131 Å². The Hall–Kier alpha value is -3.27. The summed E-state index contributed by atoms with van der Waals surface area (Å²) >= 11 is 0. The lowest BCUT2D eigenvalue weighted by molar-refractivity contribution is -0.384. The number of rotatable bonds is 8. The molecule has 3 N–H and O–H groups in total. The number of hydrogen-bond acceptors (Lipinski definition) is 8. The van der Waals surface area contributed by atoms with Gasteiger partial charge in [0.2, 0.25) is 5.95 Å². The Morgan fingerprint density at radius 1 is 1.32 bits per heavy atom. The summed E-state index contributed by atoms with van der Waals surface area (Å²) in [6.07, 6.45) is 2.39. The lowest BCUT2D eigenvalue weighted by atomic mass is 10.2. The summed E-state index contributed by atoms with van der Waals surface area (Å²) in [6.45, 7) is 5.95. The van der Waals surface area contributed by atoms with Crippen LogP contribution in [0.4, 0.5) is 23.1 Å². The number of aromatic nitrogens is 4. The van der Waals surface area contributed by atoms with Crippen LogP contribution in [0.3, 0.4) is 0 Å². The fourth-order valence-electron chi connectivity index (χ4n) is 2.74. The zero-order chi connectivity index (χ0) is 20.3. The highest BCUT2D eigenvalue weighted by Crippen LogP contribution is 2.27. The third-order valence-corrected chi connectivity index (χ3v) is 4.34. The summed E-state index contributed by atoms with van der Waals surface area (Å²) in [6, 6.07) is 6.13. The van der Waals surface area contributed by atoms with Gasteiger partial charge in [0.05, 0.1) is 23.9 Å². The minimum Gasteiger partial charge on any atom is -0.394 e. The predicted molar refractivity (Wildman–Crippen MR) is 107 cm³/mol. The number of nitrogens with one attached hydrogen (secondary N) is 2. The van der Waals surface area contributed by atoms with Gasteiger partial charge >= 0.3 is 0 Å². The van der Waals surface area contributed by atoms with Crippen LogP contribution in [-0.2, 0) is 0 Å². The van der Waals surface area contributed by atoms with Crippen molar-refractivity contribution < 1.29 is 10.0 Å². The minimum absolute atomic E-state index is 0.0207. The van der Waals surface area contributed by atoms with Crippen LogP contribution >= 0.6 is 0 Å². The van der Waals surface area contributed by atoms with Crippen molar-refractivity contribution in [2.45, 2.75) is 39.3 Å². The summed E-state index contributed by atoms with van der Waals surface area (Å²) < 4.78 is 1.92. The molecule has 0 amide bonds. The van der Waals surface area contributed by atoms with Gasteiger partial charge < -0.3 is 20.3 Å². The summed E-state index contributed by atoms with van der Waals surface area (Å²) in [5.41, 5.74) is 1.69. The number of nitro groups is 1. The molecule has 148 valence electrons. The number of aliphatic hydroxyl groups is 1. The van der Waals surface area contributed by atoms with Crippen molar-refractivity contribution in [3.63, 3.8) is 0 Å². The van der Waals surface area contributed by atoms with Crippen molar-refractivity contribution in [1.82, 2.24) is 19.5 Å². The van der Waals surface area contributed by atoms with Gasteiger partial charge in [-0.2, -0.15) is 9.97 Å². The van der Waals surface area contributed by atoms with Crippen molar-refractivity contribution in [2.24, 2.45) is 0 Å². The van der Waals surface area contributed by atoms with E-state index in [-0.39, 0.29) is 24.4 Å². The molecule has 1 aromatic carbocycles. The third-order valence-electron chi connectivity index (χ3n) is 4.34. The number of anilines is 3. The van der Waals surface area contributed by atoms with Gasteiger partial charge in [-0.25, -0.2) is 4.98 Å². The number of hydrogen-bond donors (Lipinski definition) is 3. The van der Waals surface area contributed by atoms with Gasteiger partial charge in [-0.3, -0.25) is 10.1 Å². The van der Waals surface area contributed by atoms with Crippen molar-refractivity contribution in [3.05, 3.63) is 40.7 Å². The fraction of sp³-hybridized carbons (Fsp3) is 0.389. The molecule has 0 fully saturated rings. The Morgan fingerprint density at radius 2 is 2.11 bits per heavy atom. The Labute approximate surface area is 161 Å². The van der Waals surface area contributed by atoms with E-state index in [4.69, 9.17) is 0 Å². The Morgan fingerprint density at radius 3 is 2.75 bits per heavy atom. The van der Waals surface area contributed by atoms with Crippen LogP contribution in [0, 0.1) is 10.1 Å². The molecule has 0 radical (unpaired) electrons. The van der Waals surface area contributed by atoms with Crippen molar-refractivity contribution in [2.75, 3.05) is 17.2 Å². The van der Waals surface area contributed by atoms with E-state index in [1.807, 2.05) is 25.3 Å². The van der Waals surface area contributed by atoms with E-state index < -0.39 is 4.92 Å². The van der Waals surface area contributed by atoms with E-state index in [0.717, 1.165) is 0 Å². The maximum Gasteiger partial charge on any atom is 0.271 e. The van der Waals surface area contributed by atoms with Crippen LogP contribution in [0.1, 0.15) is 33.2 Å². The molecule has 2 aromatic heterocycles. The molecule has 10 heteroatoms. The van der Waals surface area contributed by atoms with E-state index in [2.05, 4.69) is 25.6 Å². The molecule has 1 atom stereocenters. The van der Waals surface area contributed by atoms with E-state index in [0.29, 0.717) is 35.0 Å². The minimum atomic E-state index is -0.450. The largest absolute Gasteiger partial charge is 0.394 e. The summed E-state index contributed by atoms with van der Waals surface area (Å²) in [4.78, 5) is 24.1. The van der Waals surface area contributed by atoms with Gasteiger partial charge in [0, 0.05) is 23.9 Å². The monoisotopic (exact) mass is 385 g/mol. The first kappa shape index (κ1) is 19.5. The zero-order valence-electron chi connectivity index (χ0n) is 16.0. The zero-order valence-corrected chi connectivity index (χ0v) is 16.0. The number of benzene rings is 1. The third kappa shape index (κ3) is 4.01. The second kappa shape index (κ2) is 8.17. The van der Waals surface area contributed by atoms with Gasteiger partial charge in [-0.1, -0.05) is 13.0 Å². The second-order valence-electron chi connectivity index (χ2n) is 6.68. The Bertz CT molecular complexity index is 982. The van der Waals surface area contributed by atoms with Gasteiger partial charge in [0.1, 0.15) is 0 Å². The first-order valence-corrected chi connectivity index (χ1v) is 9.06. The van der Waals surface area contributed by atoms with Crippen LogP contribution in [0.25, 0.3) is 11.2 Å². The Kier molecular flexibility index (Phi) is 5.69. The van der Waals surface area contributed by atoms with Crippen molar-refractivity contribution in [3.8, 4) is 0 Å². The average molecular weight is 385 g/mol. The molecule has 0 aliphatic carbocycles. The van der Waals surface area contributed by atoms with Crippen LogP contribution < -0.4 is 10.6 Å². The van der Waals surface area contributed by atoms with Crippen LogP contribution in [0.15, 0.2) is 30.6 Å². The lowest BCUT2D eigenvalue weighted by Gasteiger charge is -2.16. The summed E-state index contributed by atoms with van der Waals surface area (Å²) in [7, 11) is 0. The number of non-ortho nitro benzene ring substituents is 1. The Balaban J connectivity index is 2.06. The molecule has 2 heterocycles. The number of nitrogens with zero attached hydrogens (tertiary/aromatic N) is 5. The van der Waals surface area contributed by atoms with Crippen LogP contribution in [0.2, 0.25) is 0 Å². The molecule has 10 nitrogen and oxygen atoms in total. The maximum atomic E-state index is 11.0. The van der Waals surface area contributed by atoms with Crippen LogP contribution in [-0.4, -0.2) is 42.2 Å². The molecule has 0 aliphatic rings. The van der Waals surface area contributed by atoms with E-state index in [9.17, 15) is 15.2 Å². The SMILES string of the molecule is CCC(CO)Nc1nc(Nc2cccc([N+](=O)[O-])c2)c2ncn(C(C)C)c2n1. The molecule has 0 spiro atoms. The van der Waals surface area contributed by atoms with Gasteiger partial charge in [-0.05, 0) is 26.3 Å². The molecular formula is C18H23N7O3. The predicted octanol–water partition coefficient (Wildman–Crippen LogP) is 3.24. The number of nitro benzene ring substituents is 1. The highest BCUT2D eigenvalue weighted by atomic mass is 16.6. The second-order valence-corrected chi connectivity index (χ2v) is 6.68. The molecular weight excluding hydrogens is 362 g/mol. The molecule has 3 rings (SSSR count). The van der Waals surface area contributed by atoms with Gasteiger partial charge in [0.15, 0.2) is 17.0 Å². The number of imidazole rings is 1. The first-order chi connectivity index (χ1) is 13.4.